The summed E-state index contributed by atoms with van der Waals surface area (Å²) in [5.74, 6) is -0.150. The number of anilines is 1. The largest absolute Gasteiger partial charge is 0.321 e. The Bertz CT molecular complexity index is 1060. The molecule has 1 amide bonds. The van der Waals surface area contributed by atoms with Gasteiger partial charge in [0.15, 0.2) is 0 Å². The van der Waals surface area contributed by atoms with Gasteiger partial charge >= 0.3 is 0 Å². The smallest absolute Gasteiger partial charge is 0.255 e. The summed E-state index contributed by atoms with van der Waals surface area (Å²) in [5.41, 5.74) is 4.93. The van der Waals surface area contributed by atoms with Crippen molar-refractivity contribution in [1.82, 2.24) is 8.75 Å². The van der Waals surface area contributed by atoms with Gasteiger partial charge in [-0.05, 0) is 36.4 Å². The van der Waals surface area contributed by atoms with Gasteiger partial charge in [0.25, 0.3) is 5.91 Å². The van der Waals surface area contributed by atoms with Crippen LogP contribution in [0.4, 0.5) is 5.69 Å². The topological polar surface area (TPSA) is 54.9 Å². The van der Waals surface area contributed by atoms with Crippen molar-refractivity contribution in [3.63, 3.8) is 0 Å². The van der Waals surface area contributed by atoms with E-state index in [1.54, 1.807) is 12.1 Å². The van der Waals surface area contributed by atoms with Crippen LogP contribution in [0.15, 0.2) is 71.2 Å². The Balaban J connectivity index is 1.73. The summed E-state index contributed by atoms with van der Waals surface area (Å²) in [7, 11) is 0. The second-order valence-electron chi connectivity index (χ2n) is 5.44. The molecule has 0 radical (unpaired) electrons. The summed E-state index contributed by atoms with van der Waals surface area (Å²) >= 11 is 4.57. The first-order valence-corrected chi connectivity index (χ1v) is 9.12. The van der Waals surface area contributed by atoms with Gasteiger partial charge in [0.1, 0.15) is 11.0 Å². The normalized spacial score (nSPS) is 10.8. The van der Waals surface area contributed by atoms with E-state index in [1.165, 1.54) is 11.7 Å². The molecule has 25 heavy (non-hydrogen) atoms. The van der Waals surface area contributed by atoms with Crippen LogP contribution >= 0.6 is 27.7 Å². The molecule has 0 atom stereocenters. The highest BCUT2D eigenvalue weighted by molar-refractivity contribution is 9.10. The summed E-state index contributed by atoms with van der Waals surface area (Å²) in [5, 5.41) is 3.00. The number of amides is 1. The molecule has 0 saturated carbocycles. The van der Waals surface area contributed by atoms with Crippen LogP contribution in [0, 0.1) is 0 Å². The number of halogens is 1. The first kappa shape index (κ1) is 15.9. The molecular weight excluding hydrogens is 398 g/mol. The van der Waals surface area contributed by atoms with Gasteiger partial charge in [-0.3, -0.25) is 4.79 Å². The average Bonchev–Trinajstić information content (AvgIpc) is 3.11. The van der Waals surface area contributed by atoms with Crippen LogP contribution in [0.2, 0.25) is 0 Å². The summed E-state index contributed by atoms with van der Waals surface area (Å²) in [6.45, 7) is 0. The highest BCUT2D eigenvalue weighted by Crippen LogP contribution is 2.33. The Labute approximate surface area is 157 Å². The monoisotopic (exact) mass is 409 g/mol. The number of benzene rings is 3. The second-order valence-corrected chi connectivity index (χ2v) is 6.89. The van der Waals surface area contributed by atoms with E-state index in [2.05, 4.69) is 30.0 Å². The molecule has 0 bridgehead atoms. The van der Waals surface area contributed by atoms with E-state index >= 15 is 0 Å². The molecule has 1 aromatic heterocycles. The van der Waals surface area contributed by atoms with Crippen molar-refractivity contribution in [1.29, 1.82) is 0 Å². The molecular formula is C19H12BrN3OS. The van der Waals surface area contributed by atoms with Gasteiger partial charge in [-0.15, -0.1) is 0 Å². The molecule has 0 unspecified atom stereocenters. The summed E-state index contributed by atoms with van der Waals surface area (Å²) in [6.07, 6.45) is 0. The highest BCUT2D eigenvalue weighted by Gasteiger charge is 2.13. The van der Waals surface area contributed by atoms with Crippen LogP contribution < -0.4 is 5.32 Å². The number of fused-ring (bicyclic) bond motifs is 1. The minimum atomic E-state index is -0.150. The van der Waals surface area contributed by atoms with Gasteiger partial charge in [-0.25, -0.2) is 0 Å². The van der Waals surface area contributed by atoms with Crippen LogP contribution in [-0.4, -0.2) is 14.7 Å². The molecule has 1 heterocycles. The number of hydrogen-bond acceptors (Lipinski definition) is 4. The Kier molecular flexibility index (Phi) is 4.29. The fourth-order valence-corrected chi connectivity index (χ4v) is 3.46. The summed E-state index contributed by atoms with van der Waals surface area (Å²) in [6, 6.07) is 20.9. The predicted octanol–water partition coefficient (Wildman–Crippen LogP) is 5.37. The van der Waals surface area contributed by atoms with E-state index in [-0.39, 0.29) is 5.91 Å². The maximum absolute atomic E-state index is 12.6. The third-order valence-corrected chi connectivity index (χ3v) is 4.93. The van der Waals surface area contributed by atoms with Crippen LogP contribution in [0.1, 0.15) is 10.4 Å². The Morgan fingerprint density at radius 3 is 2.48 bits per heavy atom. The van der Waals surface area contributed by atoms with Crippen LogP contribution in [0.25, 0.3) is 22.2 Å². The zero-order valence-corrected chi connectivity index (χ0v) is 15.3. The van der Waals surface area contributed by atoms with Gasteiger partial charge in [0.2, 0.25) is 0 Å². The molecule has 0 spiro atoms. The Morgan fingerprint density at radius 2 is 1.64 bits per heavy atom. The third kappa shape index (κ3) is 3.18. The van der Waals surface area contributed by atoms with E-state index in [1.807, 2.05) is 54.6 Å². The van der Waals surface area contributed by atoms with Crippen molar-refractivity contribution in [2.24, 2.45) is 0 Å². The van der Waals surface area contributed by atoms with E-state index in [0.717, 1.165) is 32.3 Å². The number of aromatic nitrogens is 2. The predicted molar refractivity (Wildman–Crippen MR) is 105 cm³/mol. The molecule has 4 nitrogen and oxygen atoms in total. The first-order chi connectivity index (χ1) is 12.2. The van der Waals surface area contributed by atoms with E-state index < -0.39 is 0 Å². The number of hydrogen-bond donors (Lipinski definition) is 1. The van der Waals surface area contributed by atoms with Crippen LogP contribution in [0.3, 0.4) is 0 Å². The lowest BCUT2D eigenvalue weighted by Gasteiger charge is -2.12. The SMILES string of the molecule is O=C(Nc1ccccc1-c1cccc2nsnc12)c1ccc(Br)cc1. The lowest BCUT2D eigenvalue weighted by Crippen LogP contribution is -2.12. The number of nitrogens with zero attached hydrogens (tertiary/aromatic N) is 2. The average molecular weight is 410 g/mol. The number of nitrogens with one attached hydrogen (secondary N) is 1. The fraction of sp³-hybridized carbons (Fsp3) is 0. The van der Waals surface area contributed by atoms with Crippen molar-refractivity contribution in [2.45, 2.75) is 0 Å². The molecule has 0 aliphatic rings. The van der Waals surface area contributed by atoms with Crippen molar-refractivity contribution in [2.75, 3.05) is 5.32 Å². The van der Waals surface area contributed by atoms with E-state index in [4.69, 9.17) is 0 Å². The van der Waals surface area contributed by atoms with Crippen molar-refractivity contribution in [3.8, 4) is 11.1 Å². The summed E-state index contributed by atoms with van der Waals surface area (Å²) in [4.78, 5) is 12.6. The quantitative estimate of drug-likeness (QED) is 0.494. The molecule has 0 fully saturated rings. The second kappa shape index (κ2) is 6.74. The molecule has 0 saturated heterocycles. The maximum atomic E-state index is 12.6. The lowest BCUT2D eigenvalue weighted by molar-refractivity contribution is 0.102. The molecule has 4 rings (SSSR count). The van der Waals surface area contributed by atoms with Crippen LogP contribution in [-0.2, 0) is 0 Å². The first-order valence-electron chi connectivity index (χ1n) is 7.60. The van der Waals surface area contributed by atoms with Gasteiger partial charge in [0, 0.05) is 26.9 Å². The minimum absolute atomic E-state index is 0.150. The lowest BCUT2D eigenvalue weighted by atomic mass is 10.0. The Morgan fingerprint density at radius 1 is 0.880 bits per heavy atom. The standard InChI is InChI=1S/C19H12BrN3OS/c20-13-10-8-12(9-11-13)19(24)21-16-6-2-1-4-14(16)15-5-3-7-17-18(15)23-25-22-17/h1-11H,(H,21,24). The van der Waals surface area contributed by atoms with Crippen molar-refractivity contribution in [3.05, 3.63) is 76.8 Å². The van der Waals surface area contributed by atoms with Gasteiger partial charge in [-0.1, -0.05) is 46.3 Å². The highest BCUT2D eigenvalue weighted by atomic mass is 79.9. The van der Waals surface area contributed by atoms with Gasteiger partial charge in [0.05, 0.1) is 11.7 Å². The maximum Gasteiger partial charge on any atom is 0.255 e. The zero-order chi connectivity index (χ0) is 17.2. The van der Waals surface area contributed by atoms with E-state index in [0.29, 0.717) is 5.56 Å². The fourth-order valence-electron chi connectivity index (χ4n) is 2.65. The Hall–Kier alpha value is -2.57. The van der Waals surface area contributed by atoms with Crippen molar-refractivity contribution < 1.29 is 4.79 Å². The number of carbonyl (C=O) groups is 1. The molecule has 6 heteroatoms. The molecule has 0 aliphatic carbocycles. The number of rotatable bonds is 3. The van der Waals surface area contributed by atoms with Crippen LogP contribution in [0.5, 0.6) is 0 Å². The molecule has 0 aliphatic heterocycles. The third-order valence-electron chi connectivity index (χ3n) is 3.86. The number of carbonyl (C=O) groups excluding carboxylic acids is 1. The molecule has 1 N–H and O–H groups in total. The van der Waals surface area contributed by atoms with E-state index in [9.17, 15) is 4.79 Å². The molecule has 4 aromatic rings. The molecule has 3 aromatic carbocycles. The van der Waals surface area contributed by atoms with Gasteiger partial charge < -0.3 is 5.32 Å². The van der Waals surface area contributed by atoms with Gasteiger partial charge in [-0.2, -0.15) is 8.75 Å². The number of para-hydroxylation sites is 1. The minimum Gasteiger partial charge on any atom is -0.321 e. The van der Waals surface area contributed by atoms with Crippen molar-refractivity contribution >= 4 is 50.3 Å². The zero-order valence-electron chi connectivity index (χ0n) is 12.9. The summed E-state index contributed by atoms with van der Waals surface area (Å²) < 4.78 is 9.62. The molecule has 122 valence electrons.